The first-order valence-electron chi connectivity index (χ1n) is 8.54. The van der Waals surface area contributed by atoms with Crippen molar-refractivity contribution in [1.29, 1.82) is 0 Å². The minimum absolute atomic E-state index is 0.818. The minimum Gasteiger partial charge on any atom is -0.497 e. The van der Waals surface area contributed by atoms with E-state index in [1.165, 1.54) is 5.57 Å². The molecule has 132 valence electrons. The molecule has 0 aliphatic heterocycles. The van der Waals surface area contributed by atoms with Crippen LogP contribution in [0.4, 0.5) is 17.1 Å². The van der Waals surface area contributed by atoms with Crippen LogP contribution in [0.2, 0.25) is 0 Å². The van der Waals surface area contributed by atoms with Crippen LogP contribution in [-0.2, 0) is 0 Å². The van der Waals surface area contributed by atoms with Gasteiger partial charge in [0.15, 0.2) is 0 Å². The molecule has 0 saturated carbocycles. The Morgan fingerprint density at radius 3 is 2.36 bits per heavy atom. The van der Waals surface area contributed by atoms with E-state index in [0.29, 0.717) is 0 Å². The van der Waals surface area contributed by atoms with Crippen molar-refractivity contribution in [1.82, 2.24) is 0 Å². The highest BCUT2D eigenvalue weighted by molar-refractivity contribution is 5.86. The van der Waals surface area contributed by atoms with Gasteiger partial charge in [0, 0.05) is 35.9 Å². The van der Waals surface area contributed by atoms with Gasteiger partial charge in [0.05, 0.1) is 12.8 Å². The first kappa shape index (κ1) is 18.6. The van der Waals surface area contributed by atoms with Crippen molar-refractivity contribution in [3.8, 4) is 5.75 Å². The van der Waals surface area contributed by atoms with Gasteiger partial charge in [-0.25, -0.2) is 0 Å². The molecule has 0 saturated heterocycles. The Labute approximate surface area is 150 Å². The summed E-state index contributed by atoms with van der Waals surface area (Å²) in [4.78, 5) is 4.52. The van der Waals surface area contributed by atoms with Crippen molar-refractivity contribution >= 4 is 29.0 Å². The van der Waals surface area contributed by atoms with E-state index in [1.807, 2.05) is 38.4 Å². The second kappa shape index (κ2) is 8.92. The molecule has 0 bridgehead atoms. The summed E-state index contributed by atoms with van der Waals surface area (Å²) in [6.07, 6.45) is 2.76. The molecule has 0 amide bonds. The topological polar surface area (TPSA) is 45.6 Å². The van der Waals surface area contributed by atoms with E-state index in [1.54, 1.807) is 7.11 Å². The highest BCUT2D eigenvalue weighted by Gasteiger charge is 2.12. The number of nitrogens with zero attached hydrogens (tertiary/aromatic N) is 1. The van der Waals surface area contributed by atoms with Crippen LogP contribution in [-0.4, -0.2) is 20.4 Å². The average molecular weight is 337 g/mol. The number of rotatable bonds is 7. The van der Waals surface area contributed by atoms with Gasteiger partial charge in [-0.05, 0) is 68.3 Å². The summed E-state index contributed by atoms with van der Waals surface area (Å²) >= 11 is 0. The van der Waals surface area contributed by atoms with E-state index in [0.717, 1.165) is 40.5 Å². The lowest BCUT2D eigenvalue weighted by molar-refractivity contribution is 0.414. The molecule has 25 heavy (non-hydrogen) atoms. The predicted molar refractivity (Wildman–Crippen MR) is 109 cm³/mol. The van der Waals surface area contributed by atoms with Crippen molar-refractivity contribution < 1.29 is 4.74 Å². The summed E-state index contributed by atoms with van der Waals surface area (Å²) in [6, 6.07) is 14.2. The van der Waals surface area contributed by atoms with Crippen LogP contribution in [0.1, 0.15) is 32.8 Å². The number of ether oxygens (including phenoxy) is 1. The standard InChI is InChI=1S/C21H27N3O/c1-6-15(3)21(24-17-10-8-16(22-4)9-11-17)19-14-18(25-5)12-13-20(19)23-7-2/h7-14,22,24H,6H2,1-5H3. The molecule has 0 spiro atoms. The van der Waals surface area contributed by atoms with Crippen LogP contribution in [0, 0.1) is 0 Å². The number of aliphatic imine (C=N–C) groups is 1. The van der Waals surface area contributed by atoms with Crippen LogP contribution in [0.3, 0.4) is 0 Å². The normalized spacial score (nSPS) is 12.0. The minimum atomic E-state index is 0.818. The Morgan fingerprint density at radius 2 is 1.80 bits per heavy atom. The third-order valence-electron chi connectivity index (χ3n) is 4.14. The molecule has 4 nitrogen and oxygen atoms in total. The van der Waals surface area contributed by atoms with Crippen molar-refractivity contribution in [2.75, 3.05) is 24.8 Å². The molecule has 0 radical (unpaired) electrons. The van der Waals surface area contributed by atoms with Gasteiger partial charge in [-0.3, -0.25) is 4.99 Å². The van der Waals surface area contributed by atoms with E-state index >= 15 is 0 Å². The zero-order valence-corrected chi connectivity index (χ0v) is 15.7. The van der Waals surface area contributed by atoms with Crippen molar-refractivity contribution in [3.63, 3.8) is 0 Å². The van der Waals surface area contributed by atoms with Gasteiger partial charge in [0.2, 0.25) is 0 Å². The first-order valence-corrected chi connectivity index (χ1v) is 8.54. The number of methoxy groups -OCH3 is 1. The molecule has 0 aliphatic carbocycles. The predicted octanol–water partition coefficient (Wildman–Crippen LogP) is 5.71. The number of benzene rings is 2. The molecule has 2 aromatic carbocycles. The van der Waals surface area contributed by atoms with E-state index in [2.05, 4.69) is 53.7 Å². The summed E-state index contributed by atoms with van der Waals surface area (Å²) in [6.45, 7) is 6.22. The van der Waals surface area contributed by atoms with Gasteiger partial charge in [0.25, 0.3) is 0 Å². The van der Waals surface area contributed by atoms with Crippen LogP contribution < -0.4 is 15.4 Å². The second-order valence-electron chi connectivity index (χ2n) is 5.73. The molecule has 2 N–H and O–H groups in total. The van der Waals surface area contributed by atoms with Gasteiger partial charge in [-0.2, -0.15) is 0 Å². The molecule has 0 atom stereocenters. The SMILES string of the molecule is CC=Nc1ccc(OC)cc1C(Nc1ccc(NC)cc1)=C(C)CC. The van der Waals surface area contributed by atoms with Gasteiger partial charge in [-0.15, -0.1) is 0 Å². The number of anilines is 2. The smallest absolute Gasteiger partial charge is 0.119 e. The third kappa shape index (κ3) is 4.63. The molecule has 2 aromatic rings. The lowest BCUT2D eigenvalue weighted by atomic mass is 10.0. The molecule has 0 unspecified atom stereocenters. The Morgan fingerprint density at radius 1 is 1.12 bits per heavy atom. The summed E-state index contributed by atoms with van der Waals surface area (Å²) in [7, 11) is 3.60. The van der Waals surface area contributed by atoms with Crippen molar-refractivity contribution in [3.05, 3.63) is 53.6 Å². The van der Waals surface area contributed by atoms with Gasteiger partial charge < -0.3 is 15.4 Å². The molecule has 2 rings (SSSR count). The molecule has 0 heterocycles. The van der Waals surface area contributed by atoms with Crippen LogP contribution in [0.15, 0.2) is 53.0 Å². The quantitative estimate of drug-likeness (QED) is 0.636. The van der Waals surface area contributed by atoms with E-state index in [-0.39, 0.29) is 0 Å². The molecular weight excluding hydrogens is 310 g/mol. The highest BCUT2D eigenvalue weighted by Crippen LogP contribution is 2.33. The highest BCUT2D eigenvalue weighted by atomic mass is 16.5. The summed E-state index contributed by atoms with van der Waals surface area (Å²) < 4.78 is 5.42. The van der Waals surface area contributed by atoms with E-state index in [9.17, 15) is 0 Å². The van der Waals surface area contributed by atoms with Crippen molar-refractivity contribution in [2.24, 2.45) is 4.99 Å². The fraction of sp³-hybridized carbons (Fsp3) is 0.286. The summed E-state index contributed by atoms with van der Waals surface area (Å²) in [5.41, 5.74) is 6.41. The van der Waals surface area contributed by atoms with Crippen LogP contribution in [0.25, 0.3) is 5.70 Å². The zero-order chi connectivity index (χ0) is 18.2. The monoisotopic (exact) mass is 337 g/mol. The van der Waals surface area contributed by atoms with E-state index < -0.39 is 0 Å². The Balaban J connectivity index is 2.50. The zero-order valence-electron chi connectivity index (χ0n) is 15.7. The lowest BCUT2D eigenvalue weighted by Crippen LogP contribution is -2.03. The molecular formula is C21H27N3O. The van der Waals surface area contributed by atoms with Crippen LogP contribution >= 0.6 is 0 Å². The molecule has 0 fully saturated rings. The Kier molecular flexibility index (Phi) is 6.63. The van der Waals surface area contributed by atoms with Gasteiger partial charge in [-0.1, -0.05) is 6.92 Å². The largest absolute Gasteiger partial charge is 0.497 e. The third-order valence-corrected chi connectivity index (χ3v) is 4.14. The maximum absolute atomic E-state index is 5.42. The first-order chi connectivity index (χ1) is 12.1. The maximum Gasteiger partial charge on any atom is 0.119 e. The number of allylic oxidation sites excluding steroid dienone is 1. The number of nitrogens with one attached hydrogen (secondary N) is 2. The molecule has 4 heteroatoms. The molecule has 0 aliphatic rings. The van der Waals surface area contributed by atoms with Crippen LogP contribution in [0.5, 0.6) is 5.75 Å². The fourth-order valence-electron chi connectivity index (χ4n) is 2.54. The number of hydrogen-bond donors (Lipinski definition) is 2. The number of hydrogen-bond acceptors (Lipinski definition) is 4. The van der Waals surface area contributed by atoms with Gasteiger partial charge >= 0.3 is 0 Å². The summed E-state index contributed by atoms with van der Waals surface area (Å²) in [5.74, 6) is 0.818. The van der Waals surface area contributed by atoms with Gasteiger partial charge in [0.1, 0.15) is 5.75 Å². The average Bonchev–Trinajstić information content (AvgIpc) is 2.66. The van der Waals surface area contributed by atoms with Crippen molar-refractivity contribution in [2.45, 2.75) is 27.2 Å². The molecule has 0 aromatic heterocycles. The summed E-state index contributed by atoms with van der Waals surface area (Å²) in [5, 5.41) is 6.71. The van der Waals surface area contributed by atoms with E-state index in [4.69, 9.17) is 4.74 Å². The Bertz CT molecular complexity index is 761. The lowest BCUT2D eigenvalue weighted by Gasteiger charge is -2.18. The maximum atomic E-state index is 5.42. The second-order valence-corrected chi connectivity index (χ2v) is 5.73. The Hall–Kier alpha value is -2.75. The fourth-order valence-corrected chi connectivity index (χ4v) is 2.54.